The van der Waals surface area contributed by atoms with Crippen LogP contribution in [0.25, 0.3) is 10.8 Å². The average Bonchev–Trinajstić information content (AvgIpc) is 3.84. The van der Waals surface area contributed by atoms with Crippen molar-refractivity contribution in [1.29, 1.82) is 0 Å². The lowest BCUT2D eigenvalue weighted by Gasteiger charge is -2.58. The van der Waals surface area contributed by atoms with E-state index in [1.54, 1.807) is 5.56 Å². The molecule has 0 aromatic heterocycles. The smallest absolute Gasteiger partial charge is 0.165 e. The quantitative estimate of drug-likeness (QED) is 0.329. The number of rotatable bonds is 8. The Morgan fingerprint density at radius 2 is 1.12 bits per heavy atom. The highest BCUT2D eigenvalue weighted by molar-refractivity contribution is 5.94. The van der Waals surface area contributed by atoms with Crippen molar-refractivity contribution in [2.24, 2.45) is 35.5 Å². The maximum atomic E-state index is 6.84. The van der Waals surface area contributed by atoms with Crippen molar-refractivity contribution in [3.8, 4) is 11.5 Å². The maximum Gasteiger partial charge on any atom is 0.165 e. The van der Waals surface area contributed by atoms with Crippen LogP contribution in [0.4, 0.5) is 0 Å². The molecule has 2 heterocycles. The Morgan fingerprint density at radius 3 is 1.65 bits per heavy atom. The first-order chi connectivity index (χ1) is 19.6. The van der Waals surface area contributed by atoms with Gasteiger partial charge in [-0.3, -0.25) is 0 Å². The van der Waals surface area contributed by atoms with Gasteiger partial charge in [0, 0.05) is 11.0 Å². The van der Waals surface area contributed by atoms with Gasteiger partial charge in [0.1, 0.15) is 25.4 Å². The van der Waals surface area contributed by atoms with Crippen molar-refractivity contribution in [2.75, 3.05) is 26.4 Å². The summed E-state index contributed by atoms with van der Waals surface area (Å²) in [5.41, 5.74) is 3.74. The minimum Gasteiger partial charge on any atom is -0.487 e. The minimum atomic E-state index is 0.224. The van der Waals surface area contributed by atoms with E-state index < -0.39 is 0 Å². The number of hydrogen-bond acceptors (Lipinski definition) is 4. The summed E-state index contributed by atoms with van der Waals surface area (Å²) < 4.78 is 24.8. The number of epoxide rings is 2. The Bertz CT molecular complexity index is 1280. The number of hydrogen-bond donors (Lipinski definition) is 0. The Hall–Kier alpha value is -1.78. The van der Waals surface area contributed by atoms with E-state index in [0.717, 1.165) is 60.2 Å². The summed E-state index contributed by atoms with van der Waals surface area (Å²) in [6.45, 7) is 2.90. The zero-order valence-corrected chi connectivity index (χ0v) is 23.9. The van der Waals surface area contributed by atoms with E-state index in [1.165, 1.54) is 93.4 Å². The van der Waals surface area contributed by atoms with Crippen LogP contribution in [0.3, 0.4) is 0 Å². The zero-order chi connectivity index (χ0) is 26.1. The Morgan fingerprint density at radius 1 is 0.625 bits per heavy atom. The molecule has 4 nitrogen and oxygen atoms in total. The van der Waals surface area contributed by atoms with Gasteiger partial charge in [0.15, 0.2) is 11.5 Å². The normalized spacial score (nSPS) is 45.3. The molecule has 8 aliphatic carbocycles. The van der Waals surface area contributed by atoms with Crippen LogP contribution in [0.1, 0.15) is 88.2 Å². The monoisotopic (exact) mass is 540 g/mol. The van der Waals surface area contributed by atoms with Gasteiger partial charge in [-0.25, -0.2) is 0 Å². The highest BCUT2D eigenvalue weighted by Gasteiger charge is 2.55. The molecular formula is C36H44O4. The topological polar surface area (TPSA) is 43.5 Å². The second kappa shape index (κ2) is 8.40. The molecule has 2 aromatic carbocycles. The highest BCUT2D eigenvalue weighted by atomic mass is 16.6. The van der Waals surface area contributed by atoms with Crippen LogP contribution < -0.4 is 9.47 Å². The van der Waals surface area contributed by atoms with Crippen molar-refractivity contribution in [3.63, 3.8) is 0 Å². The average molecular weight is 541 g/mol. The van der Waals surface area contributed by atoms with E-state index in [4.69, 9.17) is 18.9 Å². The second-order valence-corrected chi connectivity index (χ2v) is 15.9. The molecule has 212 valence electrons. The van der Waals surface area contributed by atoms with Gasteiger partial charge in [0.25, 0.3) is 0 Å². The van der Waals surface area contributed by atoms with Gasteiger partial charge < -0.3 is 18.9 Å². The van der Waals surface area contributed by atoms with E-state index >= 15 is 0 Å². The minimum absolute atomic E-state index is 0.224. The third-order valence-electron chi connectivity index (χ3n) is 12.9. The third-order valence-corrected chi connectivity index (χ3v) is 12.9. The molecule has 2 saturated heterocycles. The molecule has 0 amide bonds. The molecule has 2 unspecified atom stereocenters. The first-order valence-electron chi connectivity index (χ1n) is 16.7. The Kier molecular flexibility index (Phi) is 4.99. The summed E-state index contributed by atoms with van der Waals surface area (Å²) in [7, 11) is 0. The lowest BCUT2D eigenvalue weighted by atomic mass is 9.47. The zero-order valence-electron chi connectivity index (χ0n) is 23.9. The van der Waals surface area contributed by atoms with Crippen LogP contribution in [-0.4, -0.2) is 38.6 Å². The van der Waals surface area contributed by atoms with Crippen LogP contribution in [0.15, 0.2) is 24.3 Å². The summed E-state index contributed by atoms with van der Waals surface area (Å²) >= 11 is 0. The fourth-order valence-corrected chi connectivity index (χ4v) is 12.2. The van der Waals surface area contributed by atoms with Gasteiger partial charge in [-0.15, -0.1) is 0 Å². The molecule has 8 saturated carbocycles. The highest BCUT2D eigenvalue weighted by Crippen LogP contribution is 2.65. The predicted molar refractivity (Wildman–Crippen MR) is 154 cm³/mol. The molecular weight excluding hydrogens is 496 g/mol. The largest absolute Gasteiger partial charge is 0.487 e. The summed E-state index contributed by atoms with van der Waals surface area (Å²) in [5, 5.41) is 2.97. The first kappa shape index (κ1) is 23.7. The van der Waals surface area contributed by atoms with Crippen LogP contribution >= 0.6 is 0 Å². The summed E-state index contributed by atoms with van der Waals surface area (Å²) in [6.07, 6.45) is 17.5. The van der Waals surface area contributed by atoms with Crippen molar-refractivity contribution >= 4 is 10.8 Å². The fraction of sp³-hybridized carbons (Fsp3) is 0.722. The maximum absolute atomic E-state index is 6.84. The molecule has 12 rings (SSSR count). The van der Waals surface area contributed by atoms with Gasteiger partial charge in [-0.2, -0.15) is 0 Å². The summed E-state index contributed by atoms with van der Waals surface area (Å²) in [5.74, 6) is 7.50. The predicted octanol–water partition coefficient (Wildman–Crippen LogP) is 7.33. The molecule has 2 aromatic rings. The van der Waals surface area contributed by atoms with Gasteiger partial charge in [-0.05, 0) is 140 Å². The van der Waals surface area contributed by atoms with Gasteiger partial charge in [0.2, 0.25) is 0 Å². The van der Waals surface area contributed by atoms with Gasteiger partial charge in [-0.1, -0.05) is 18.2 Å². The van der Waals surface area contributed by atoms with Crippen molar-refractivity contribution in [3.05, 3.63) is 35.4 Å². The molecule has 0 spiro atoms. The summed E-state index contributed by atoms with van der Waals surface area (Å²) in [6, 6.07) is 9.80. The first-order valence-corrected chi connectivity index (χ1v) is 16.7. The second-order valence-electron chi connectivity index (χ2n) is 15.9. The van der Waals surface area contributed by atoms with E-state index in [1.807, 2.05) is 0 Å². The molecule has 8 bridgehead atoms. The van der Waals surface area contributed by atoms with Crippen LogP contribution in [0.2, 0.25) is 0 Å². The molecule has 0 N–H and O–H groups in total. The molecule has 4 heteroatoms. The van der Waals surface area contributed by atoms with Crippen molar-refractivity contribution < 1.29 is 18.9 Å². The molecule has 40 heavy (non-hydrogen) atoms. The van der Waals surface area contributed by atoms with Crippen LogP contribution in [0, 0.1) is 35.5 Å². The third kappa shape index (κ3) is 3.70. The van der Waals surface area contributed by atoms with Gasteiger partial charge in [0.05, 0.1) is 13.2 Å². The van der Waals surface area contributed by atoms with E-state index in [9.17, 15) is 0 Å². The number of fused-ring (bicyclic) bond motifs is 1. The molecule has 10 aliphatic rings. The van der Waals surface area contributed by atoms with Crippen LogP contribution in [0.5, 0.6) is 11.5 Å². The number of benzene rings is 2. The van der Waals surface area contributed by atoms with E-state index in [0.29, 0.717) is 18.6 Å². The fourth-order valence-electron chi connectivity index (χ4n) is 12.2. The Balaban J connectivity index is 1.19. The molecule has 2 aliphatic heterocycles. The summed E-state index contributed by atoms with van der Waals surface area (Å²) in [4.78, 5) is 0. The molecule has 2 atom stereocenters. The lowest BCUT2D eigenvalue weighted by Crippen LogP contribution is -2.49. The standard InChI is InChI=1S/C36H44O4/c1-2-29-30(31(3-1)35-11-21-4-22(12-35)6-23(5-21)13-35)10-32(39-19-27-17-37-27)34(40-20-28-18-38-28)33(29)36-14-24-7-25(15-36)9-26(8-24)16-36/h1-3,10,21-28H,4-9,11-20H2. The Labute approximate surface area is 238 Å². The van der Waals surface area contributed by atoms with Crippen molar-refractivity contribution in [1.82, 2.24) is 0 Å². The molecule has 0 radical (unpaired) electrons. The number of ether oxygens (including phenoxy) is 4. The van der Waals surface area contributed by atoms with Crippen molar-refractivity contribution in [2.45, 2.75) is 100 Å². The van der Waals surface area contributed by atoms with E-state index in [2.05, 4.69) is 24.3 Å². The SMILES string of the molecule is c1cc(C23CC4CC(CC(C4)C2)C3)c2cc(OCC3CO3)c(OCC3CO3)c(C34CC5CC(CC(C5)C3)C4)c2c1. The van der Waals surface area contributed by atoms with Crippen LogP contribution in [-0.2, 0) is 20.3 Å². The molecule has 10 fully saturated rings. The van der Waals surface area contributed by atoms with Gasteiger partial charge >= 0.3 is 0 Å². The lowest BCUT2D eigenvalue weighted by molar-refractivity contribution is -0.00623. The van der Waals surface area contributed by atoms with E-state index in [-0.39, 0.29) is 17.6 Å².